The molecule has 1 aliphatic heterocycles. The lowest BCUT2D eigenvalue weighted by molar-refractivity contribution is -0.123. The van der Waals surface area contributed by atoms with Crippen molar-refractivity contribution < 1.29 is 28.3 Å². The molecule has 200 valence electrons. The van der Waals surface area contributed by atoms with Crippen LogP contribution in [0.4, 0.5) is 5.69 Å². The van der Waals surface area contributed by atoms with E-state index in [0.717, 1.165) is 10.4 Å². The van der Waals surface area contributed by atoms with E-state index in [1.165, 1.54) is 19.1 Å². The van der Waals surface area contributed by atoms with Crippen LogP contribution in [0.1, 0.15) is 37.6 Å². The summed E-state index contributed by atoms with van der Waals surface area (Å²) in [5.41, 5.74) is 2.11. The summed E-state index contributed by atoms with van der Waals surface area (Å²) in [4.78, 5) is 47.7. The highest BCUT2D eigenvalue weighted by atomic mass is 16.5. The second-order valence-corrected chi connectivity index (χ2v) is 10.2. The maximum atomic E-state index is 13.7. The fraction of sp³-hybridized carbons (Fsp3) is 0.267. The first-order valence-electron chi connectivity index (χ1n) is 12.5. The Bertz CT molecular complexity index is 1530. The van der Waals surface area contributed by atoms with Crippen molar-refractivity contribution in [2.45, 2.75) is 38.8 Å². The number of para-hydroxylation sites is 2. The quantitative estimate of drug-likeness (QED) is 0.322. The van der Waals surface area contributed by atoms with Gasteiger partial charge in [-0.15, -0.1) is 0 Å². The van der Waals surface area contributed by atoms with E-state index in [4.69, 9.17) is 13.9 Å². The third-order valence-electron chi connectivity index (χ3n) is 6.67. The molecule has 0 aliphatic carbocycles. The fourth-order valence-electron chi connectivity index (χ4n) is 4.86. The van der Waals surface area contributed by atoms with Gasteiger partial charge < -0.3 is 18.8 Å². The minimum Gasteiger partial charge on any atom is -0.493 e. The summed E-state index contributed by atoms with van der Waals surface area (Å²) in [7, 11) is 3.00. The zero-order chi connectivity index (χ0) is 27.9. The topological polar surface area (TPSA) is 102 Å². The Morgan fingerprint density at radius 1 is 0.974 bits per heavy atom. The second kappa shape index (κ2) is 9.90. The number of methoxy groups -OCH3 is 2. The number of imide groups is 1. The molecule has 9 nitrogen and oxygen atoms in total. The zero-order valence-corrected chi connectivity index (χ0v) is 22.4. The zero-order valence-electron chi connectivity index (χ0n) is 22.4. The van der Waals surface area contributed by atoms with Crippen LogP contribution >= 0.6 is 0 Å². The van der Waals surface area contributed by atoms with Crippen molar-refractivity contribution >= 4 is 34.5 Å². The summed E-state index contributed by atoms with van der Waals surface area (Å²) in [5.74, 6) is 0.0943. The van der Waals surface area contributed by atoms with Gasteiger partial charge in [0.15, 0.2) is 17.1 Å². The molecule has 1 fully saturated rings. The predicted molar refractivity (Wildman–Crippen MR) is 146 cm³/mol. The number of hydrogen-bond acceptors (Lipinski definition) is 7. The molecule has 1 aromatic heterocycles. The summed E-state index contributed by atoms with van der Waals surface area (Å²) in [6.45, 7) is 5.50. The summed E-state index contributed by atoms with van der Waals surface area (Å²) >= 11 is 0. The maximum Gasteiger partial charge on any atom is 0.257 e. The SMILES string of the molecule is COc1ccc(C(=O)N(C2CC(=O)N(c3ccc(-c4nc5ccccc5o4)cc3)C2=O)C(C)(C)C)cc1OC. The number of aromatic nitrogens is 1. The van der Waals surface area contributed by atoms with Gasteiger partial charge in [0.1, 0.15) is 11.6 Å². The van der Waals surface area contributed by atoms with Crippen molar-refractivity contribution in [3.63, 3.8) is 0 Å². The van der Waals surface area contributed by atoms with E-state index in [-0.39, 0.29) is 18.2 Å². The Labute approximate surface area is 225 Å². The summed E-state index contributed by atoms with van der Waals surface area (Å²) in [5, 5.41) is 0. The van der Waals surface area contributed by atoms with Crippen LogP contribution in [-0.2, 0) is 9.59 Å². The number of benzene rings is 3. The number of fused-ring (bicyclic) bond motifs is 1. The van der Waals surface area contributed by atoms with E-state index in [2.05, 4.69) is 4.98 Å². The molecule has 0 saturated carbocycles. The van der Waals surface area contributed by atoms with Crippen LogP contribution in [0.5, 0.6) is 11.5 Å². The Morgan fingerprint density at radius 3 is 2.31 bits per heavy atom. The molecule has 1 atom stereocenters. The molecule has 39 heavy (non-hydrogen) atoms. The molecule has 1 aliphatic rings. The van der Waals surface area contributed by atoms with Crippen LogP contribution in [0.15, 0.2) is 71.1 Å². The molecule has 1 saturated heterocycles. The Morgan fingerprint density at radius 2 is 1.67 bits per heavy atom. The van der Waals surface area contributed by atoms with Gasteiger partial charge in [0.2, 0.25) is 11.8 Å². The summed E-state index contributed by atoms with van der Waals surface area (Å²) < 4.78 is 16.5. The monoisotopic (exact) mass is 527 g/mol. The fourth-order valence-corrected chi connectivity index (χ4v) is 4.86. The van der Waals surface area contributed by atoms with Crippen molar-refractivity contribution in [2.24, 2.45) is 0 Å². The molecule has 4 aromatic rings. The molecular formula is C30H29N3O6. The lowest BCUT2D eigenvalue weighted by atomic mass is 9.99. The highest BCUT2D eigenvalue weighted by molar-refractivity contribution is 6.23. The molecule has 1 unspecified atom stereocenters. The highest BCUT2D eigenvalue weighted by Crippen LogP contribution is 2.34. The van der Waals surface area contributed by atoms with Gasteiger partial charge >= 0.3 is 0 Å². The first kappa shape index (κ1) is 26.0. The van der Waals surface area contributed by atoms with Gasteiger partial charge in [0, 0.05) is 16.7 Å². The van der Waals surface area contributed by atoms with Crippen LogP contribution in [-0.4, -0.2) is 53.4 Å². The number of anilines is 1. The number of nitrogens with zero attached hydrogens (tertiary/aromatic N) is 3. The highest BCUT2D eigenvalue weighted by Gasteiger charge is 2.47. The number of rotatable bonds is 6. The van der Waals surface area contributed by atoms with Gasteiger partial charge in [0.25, 0.3) is 11.8 Å². The molecular weight excluding hydrogens is 498 g/mol. The Balaban J connectivity index is 1.43. The molecule has 0 bridgehead atoms. The van der Waals surface area contributed by atoms with E-state index >= 15 is 0 Å². The predicted octanol–water partition coefficient (Wildman–Crippen LogP) is 5.08. The summed E-state index contributed by atoms with van der Waals surface area (Å²) in [6.07, 6.45) is -0.123. The molecule has 3 amide bonds. The van der Waals surface area contributed by atoms with Crippen molar-refractivity contribution in [1.29, 1.82) is 0 Å². The van der Waals surface area contributed by atoms with Gasteiger partial charge in [-0.2, -0.15) is 0 Å². The smallest absolute Gasteiger partial charge is 0.257 e. The molecule has 3 aromatic carbocycles. The maximum absolute atomic E-state index is 13.7. The number of carbonyl (C=O) groups excluding carboxylic acids is 3. The van der Waals surface area contributed by atoms with Crippen molar-refractivity contribution in [2.75, 3.05) is 19.1 Å². The molecule has 0 spiro atoms. The van der Waals surface area contributed by atoms with Crippen molar-refractivity contribution in [1.82, 2.24) is 9.88 Å². The number of ether oxygens (including phenoxy) is 2. The van der Waals surface area contributed by atoms with Gasteiger partial charge in [-0.25, -0.2) is 9.88 Å². The number of hydrogen-bond donors (Lipinski definition) is 0. The van der Waals surface area contributed by atoms with E-state index in [1.807, 2.05) is 45.0 Å². The molecule has 0 radical (unpaired) electrons. The number of oxazole rings is 1. The first-order valence-corrected chi connectivity index (χ1v) is 12.5. The minimum atomic E-state index is -0.963. The Hall–Kier alpha value is -4.66. The molecule has 2 heterocycles. The standard InChI is InChI=1S/C30H29N3O6/c1-30(2,3)33(28(35)19-12-15-24(37-4)25(16-19)38-5)22-17-26(34)32(29(22)36)20-13-10-18(11-14-20)27-31-21-8-6-7-9-23(21)39-27/h6-16,22H,17H2,1-5H3. The van der Waals surface area contributed by atoms with Crippen LogP contribution in [0, 0.1) is 0 Å². The molecule has 9 heteroatoms. The van der Waals surface area contributed by atoms with Gasteiger partial charge in [-0.3, -0.25) is 14.4 Å². The van der Waals surface area contributed by atoms with E-state index < -0.39 is 17.5 Å². The average Bonchev–Trinajstić information content (AvgIpc) is 3.48. The normalized spacial score (nSPS) is 15.6. The van der Waals surface area contributed by atoms with Crippen molar-refractivity contribution in [3.8, 4) is 23.0 Å². The average molecular weight is 528 g/mol. The third kappa shape index (κ3) is 4.71. The minimum absolute atomic E-state index is 0.123. The second-order valence-electron chi connectivity index (χ2n) is 10.2. The number of amides is 3. The van der Waals surface area contributed by atoms with E-state index in [0.29, 0.717) is 39.8 Å². The van der Waals surface area contributed by atoms with Crippen LogP contribution in [0.3, 0.4) is 0 Å². The summed E-state index contributed by atoms with van der Waals surface area (Å²) in [6, 6.07) is 18.2. The van der Waals surface area contributed by atoms with Crippen LogP contribution < -0.4 is 14.4 Å². The number of carbonyl (C=O) groups is 3. The van der Waals surface area contributed by atoms with Crippen LogP contribution in [0.2, 0.25) is 0 Å². The lowest BCUT2D eigenvalue weighted by Crippen LogP contribution is -2.54. The van der Waals surface area contributed by atoms with Gasteiger partial charge in [0.05, 0.1) is 26.3 Å². The van der Waals surface area contributed by atoms with Crippen LogP contribution in [0.25, 0.3) is 22.6 Å². The van der Waals surface area contributed by atoms with E-state index in [9.17, 15) is 14.4 Å². The Kier molecular flexibility index (Phi) is 6.59. The molecule has 0 N–H and O–H groups in total. The van der Waals surface area contributed by atoms with Crippen molar-refractivity contribution in [3.05, 3.63) is 72.3 Å². The molecule has 5 rings (SSSR count). The third-order valence-corrected chi connectivity index (χ3v) is 6.67. The lowest BCUT2D eigenvalue weighted by Gasteiger charge is -2.39. The largest absolute Gasteiger partial charge is 0.493 e. The van der Waals surface area contributed by atoms with E-state index in [1.54, 1.807) is 42.5 Å². The van der Waals surface area contributed by atoms with Gasteiger partial charge in [-0.1, -0.05) is 12.1 Å². The first-order chi connectivity index (χ1) is 18.6. The van der Waals surface area contributed by atoms with Gasteiger partial charge in [-0.05, 0) is 75.4 Å².